The van der Waals surface area contributed by atoms with Crippen molar-refractivity contribution >= 4 is 17.8 Å². The van der Waals surface area contributed by atoms with Crippen LogP contribution in [0.5, 0.6) is 0 Å². The number of hydrogen-bond acceptors (Lipinski definition) is 13. The van der Waals surface area contributed by atoms with Gasteiger partial charge in [0, 0.05) is 39.5 Å². The molecule has 14 nitrogen and oxygen atoms in total. The lowest BCUT2D eigenvalue weighted by molar-refractivity contribution is -0.315. The van der Waals surface area contributed by atoms with Crippen LogP contribution in [0, 0.1) is 17.8 Å². The van der Waals surface area contributed by atoms with Crippen molar-refractivity contribution in [2.45, 2.75) is 173 Å². The molecule has 52 heavy (non-hydrogen) atoms. The van der Waals surface area contributed by atoms with E-state index in [1.807, 2.05) is 20.8 Å². The molecule has 14 heteroatoms. The van der Waals surface area contributed by atoms with Crippen molar-refractivity contribution in [3.8, 4) is 0 Å². The molecule has 3 unspecified atom stereocenters. The molecule has 4 aliphatic rings. The third-order valence-corrected chi connectivity index (χ3v) is 11.9. The Hall–Kier alpha value is -2.17. The Bertz CT molecular complexity index is 1320. The zero-order valence-electron chi connectivity index (χ0n) is 33.2. The summed E-state index contributed by atoms with van der Waals surface area (Å²) in [5.74, 6) is -3.10. The molecular formula is C38H63NO13. The molecule has 0 aromatic heterocycles. The van der Waals surface area contributed by atoms with Gasteiger partial charge in [-0.2, -0.15) is 0 Å². The van der Waals surface area contributed by atoms with Crippen LogP contribution in [-0.4, -0.2) is 132 Å². The van der Waals surface area contributed by atoms with Crippen molar-refractivity contribution in [1.29, 1.82) is 0 Å². The third-order valence-electron chi connectivity index (χ3n) is 11.9. The van der Waals surface area contributed by atoms with Gasteiger partial charge in [-0.15, -0.1) is 0 Å². The van der Waals surface area contributed by atoms with Gasteiger partial charge in [0.05, 0.1) is 47.6 Å². The second-order valence-electron chi connectivity index (χ2n) is 16.2. The lowest BCUT2D eigenvalue weighted by Crippen LogP contribution is -2.60. The maximum Gasteiger partial charge on any atom is 0.410 e. The van der Waals surface area contributed by atoms with Crippen molar-refractivity contribution in [3.63, 3.8) is 0 Å². The number of methoxy groups -OCH3 is 2. The smallest absolute Gasteiger partial charge is 0.410 e. The number of likely N-dealkylation sites (N-methyl/N-ethyl adjacent to an activating group) is 1. The fraction of sp³-hybridized carbons (Fsp3) is 0.868. The standard InChI is InChI=1S/C38H63NO13/c1-14-26-36(8,44)16-19(2)28(40)20(3)17-38(10,46-13)32(52-34-30-25(15-21(4)47-34)39(11)35(43)51-30)22(5)29(23(6)33(42)49-26)50-27-18-37(9,45-12)31(41)24(7)48-27/h16,20-27,29-32,34,41,44H,14-15,17-18H2,1-13H3/t20-,21-,22+,23-,24+,25+,26-,27?,29+,30?,31+,32-,34?,36+,37-,38-/m1/s1. The van der Waals surface area contributed by atoms with E-state index in [4.69, 9.17) is 37.9 Å². The molecule has 4 heterocycles. The maximum absolute atomic E-state index is 14.2. The van der Waals surface area contributed by atoms with Gasteiger partial charge in [0.15, 0.2) is 24.5 Å². The highest BCUT2D eigenvalue weighted by atomic mass is 16.7. The number of cyclic esters (lactones) is 1. The second kappa shape index (κ2) is 16.3. The third kappa shape index (κ3) is 8.54. The van der Waals surface area contributed by atoms with Crippen LogP contribution in [-0.2, 0) is 47.5 Å². The van der Waals surface area contributed by atoms with Gasteiger partial charge in [0.2, 0.25) is 0 Å². The Kier molecular flexibility index (Phi) is 13.3. The molecule has 298 valence electrons. The molecule has 2 N–H and O–H groups in total. The number of aliphatic hydroxyl groups is 2. The SMILES string of the molecule is CC[C@H]1OC(=O)[C@H](C)[C@@H](OC2C[C@@](C)(OC)[C@@H](O)[C@H](C)O2)[C@H](C)[C@@H](OC2O[C@H](C)C[C@H]3C2OC(=O)N3C)[C@](C)(OC)C[C@@H](C)C(=O)C(C)=C[C@]1(C)O. The van der Waals surface area contributed by atoms with E-state index in [0.717, 1.165) is 0 Å². The van der Waals surface area contributed by atoms with E-state index in [0.29, 0.717) is 12.0 Å². The number of amides is 1. The number of fused-ring (bicyclic) bond motifs is 1. The van der Waals surface area contributed by atoms with Gasteiger partial charge in [-0.25, -0.2) is 4.79 Å². The summed E-state index contributed by atoms with van der Waals surface area (Å²) in [6.45, 7) is 17.5. The largest absolute Gasteiger partial charge is 0.459 e. The summed E-state index contributed by atoms with van der Waals surface area (Å²) in [6, 6.07) is -0.299. The molecule has 4 aliphatic heterocycles. The van der Waals surface area contributed by atoms with Gasteiger partial charge in [0.25, 0.3) is 0 Å². The molecule has 3 fully saturated rings. The Morgan fingerprint density at radius 1 is 0.942 bits per heavy atom. The molecule has 0 aromatic rings. The minimum atomic E-state index is -1.65. The van der Waals surface area contributed by atoms with Crippen molar-refractivity contribution in [3.05, 3.63) is 11.6 Å². The van der Waals surface area contributed by atoms with Crippen LogP contribution in [0.2, 0.25) is 0 Å². The summed E-state index contributed by atoms with van der Waals surface area (Å²) in [4.78, 5) is 42.3. The predicted octanol–water partition coefficient (Wildman–Crippen LogP) is 3.92. The highest BCUT2D eigenvalue weighted by Crippen LogP contribution is 2.42. The number of carbonyl (C=O) groups excluding carboxylic acids is 3. The molecule has 0 radical (unpaired) electrons. The van der Waals surface area contributed by atoms with Crippen LogP contribution in [0.3, 0.4) is 0 Å². The van der Waals surface area contributed by atoms with E-state index in [9.17, 15) is 24.6 Å². The molecule has 3 saturated heterocycles. The van der Waals surface area contributed by atoms with Gasteiger partial charge in [-0.1, -0.05) is 20.8 Å². The Balaban J connectivity index is 1.86. The Morgan fingerprint density at radius 2 is 1.58 bits per heavy atom. The molecule has 4 rings (SSSR count). The Labute approximate surface area is 308 Å². The van der Waals surface area contributed by atoms with Gasteiger partial charge >= 0.3 is 12.1 Å². The highest BCUT2D eigenvalue weighted by molar-refractivity contribution is 5.96. The number of Topliss-reactive ketones (excluding diaryl/α,β-unsaturated/α-hetero) is 1. The first-order valence-electron chi connectivity index (χ1n) is 18.6. The van der Waals surface area contributed by atoms with Gasteiger partial charge in [-0.05, 0) is 79.4 Å². The van der Waals surface area contributed by atoms with E-state index in [1.54, 1.807) is 53.5 Å². The van der Waals surface area contributed by atoms with E-state index >= 15 is 0 Å². The van der Waals surface area contributed by atoms with Crippen molar-refractivity contribution < 1.29 is 62.5 Å². The van der Waals surface area contributed by atoms with E-state index in [-0.39, 0.29) is 37.2 Å². The van der Waals surface area contributed by atoms with E-state index in [1.165, 1.54) is 27.2 Å². The monoisotopic (exact) mass is 741 g/mol. The number of aliphatic hydroxyl groups excluding tert-OH is 1. The van der Waals surface area contributed by atoms with Gasteiger partial charge in [-0.3, -0.25) is 9.59 Å². The molecule has 16 atom stereocenters. The zero-order chi connectivity index (χ0) is 39.1. The minimum absolute atomic E-state index is 0.143. The van der Waals surface area contributed by atoms with Crippen LogP contribution < -0.4 is 0 Å². The highest BCUT2D eigenvalue weighted by Gasteiger charge is 2.55. The number of esters is 1. The van der Waals surface area contributed by atoms with Crippen molar-refractivity contribution in [2.24, 2.45) is 17.8 Å². The molecule has 0 aliphatic carbocycles. The van der Waals surface area contributed by atoms with Gasteiger partial charge in [0.1, 0.15) is 17.8 Å². The lowest BCUT2D eigenvalue weighted by atomic mass is 9.76. The van der Waals surface area contributed by atoms with Crippen molar-refractivity contribution in [1.82, 2.24) is 4.90 Å². The fourth-order valence-electron chi connectivity index (χ4n) is 8.59. The number of hydrogen-bond donors (Lipinski definition) is 2. The topological polar surface area (TPSA) is 169 Å². The van der Waals surface area contributed by atoms with Crippen LogP contribution in [0.1, 0.15) is 94.9 Å². The van der Waals surface area contributed by atoms with Crippen LogP contribution in [0.15, 0.2) is 11.6 Å². The summed E-state index contributed by atoms with van der Waals surface area (Å²) < 4.78 is 50.0. The first-order chi connectivity index (χ1) is 24.1. The lowest BCUT2D eigenvalue weighted by Gasteiger charge is -2.49. The first kappa shape index (κ1) is 42.6. The van der Waals surface area contributed by atoms with Crippen LogP contribution in [0.4, 0.5) is 4.79 Å². The van der Waals surface area contributed by atoms with E-state index in [2.05, 4.69) is 0 Å². The van der Waals surface area contributed by atoms with Gasteiger partial charge < -0.3 is 53.0 Å². The number of ether oxygens (including phenoxy) is 8. The summed E-state index contributed by atoms with van der Waals surface area (Å²) in [5.41, 5.74) is -3.55. The molecule has 0 aromatic carbocycles. The summed E-state index contributed by atoms with van der Waals surface area (Å²) in [6.07, 6.45) is -5.35. The number of rotatable bonds is 7. The number of nitrogens with zero attached hydrogens (tertiary/aromatic N) is 1. The quantitative estimate of drug-likeness (QED) is 0.361. The zero-order valence-corrected chi connectivity index (χ0v) is 33.2. The molecule has 0 spiro atoms. The predicted molar refractivity (Wildman–Crippen MR) is 188 cm³/mol. The minimum Gasteiger partial charge on any atom is -0.459 e. The summed E-state index contributed by atoms with van der Waals surface area (Å²) in [7, 11) is 4.73. The van der Waals surface area contributed by atoms with Crippen molar-refractivity contribution in [2.75, 3.05) is 21.3 Å². The Morgan fingerprint density at radius 3 is 2.17 bits per heavy atom. The normalized spacial score (nSPS) is 46.9. The number of allylic oxidation sites excluding steroid dienone is 1. The summed E-state index contributed by atoms with van der Waals surface area (Å²) in [5, 5.41) is 22.5. The second-order valence-corrected chi connectivity index (χ2v) is 16.2. The summed E-state index contributed by atoms with van der Waals surface area (Å²) >= 11 is 0. The van der Waals surface area contributed by atoms with Crippen LogP contribution >= 0.6 is 0 Å². The first-order valence-corrected chi connectivity index (χ1v) is 18.6. The average molecular weight is 742 g/mol. The molecule has 1 amide bonds. The molecular weight excluding hydrogens is 678 g/mol. The van der Waals surface area contributed by atoms with Crippen LogP contribution in [0.25, 0.3) is 0 Å². The average Bonchev–Trinajstić information content (AvgIpc) is 3.37. The van der Waals surface area contributed by atoms with E-state index < -0.39 is 95.8 Å². The maximum atomic E-state index is 14.2. The number of carbonyl (C=O) groups is 3. The molecule has 0 bridgehead atoms. The fourth-order valence-corrected chi connectivity index (χ4v) is 8.59. The number of ketones is 1. The molecule has 0 saturated carbocycles.